The van der Waals surface area contributed by atoms with Crippen molar-refractivity contribution in [2.45, 2.75) is 39.7 Å². The third-order valence-electron chi connectivity index (χ3n) is 3.31. The maximum absolute atomic E-state index is 12.1. The van der Waals surface area contributed by atoms with Gasteiger partial charge in [-0.05, 0) is 44.9 Å². The highest BCUT2D eigenvalue weighted by atomic mass is 16.5. The summed E-state index contributed by atoms with van der Waals surface area (Å²) in [5.41, 5.74) is 3.12. The molecule has 0 heterocycles. The average molecular weight is 282 g/mol. The zero-order chi connectivity index (χ0) is 15.2. The molecule has 0 aliphatic heterocycles. The van der Waals surface area contributed by atoms with Crippen LogP contribution in [-0.4, -0.2) is 11.9 Å². The van der Waals surface area contributed by atoms with Crippen LogP contribution in [0.2, 0.25) is 0 Å². The average Bonchev–Trinajstić information content (AvgIpc) is 2.46. The van der Waals surface area contributed by atoms with Crippen molar-refractivity contribution in [2.75, 3.05) is 0 Å². The molecule has 0 unspecified atom stereocenters. The standard InChI is InChI=1S/C19H22O2/c1-14(2)21-18-11-6-16(7-12-18)8-13-19(20)17-9-4-15(3)5-10-17/h4-7,9-12,14H,8,13H2,1-3H3. The topological polar surface area (TPSA) is 26.3 Å². The van der Waals surface area contributed by atoms with Crippen molar-refractivity contribution >= 4 is 5.78 Å². The van der Waals surface area contributed by atoms with Gasteiger partial charge in [-0.3, -0.25) is 4.79 Å². The van der Waals surface area contributed by atoms with Crippen molar-refractivity contribution in [1.29, 1.82) is 0 Å². The van der Waals surface area contributed by atoms with Crippen LogP contribution in [0.5, 0.6) is 5.75 Å². The molecule has 110 valence electrons. The molecule has 0 bridgehead atoms. The number of hydrogen-bond acceptors (Lipinski definition) is 2. The smallest absolute Gasteiger partial charge is 0.163 e. The summed E-state index contributed by atoms with van der Waals surface area (Å²) in [5, 5.41) is 0. The first-order valence-corrected chi connectivity index (χ1v) is 7.40. The molecule has 0 atom stereocenters. The Morgan fingerprint density at radius 1 is 1.00 bits per heavy atom. The number of hydrogen-bond donors (Lipinski definition) is 0. The Kier molecular flexibility index (Phi) is 5.15. The van der Waals surface area contributed by atoms with Gasteiger partial charge in [-0.15, -0.1) is 0 Å². The highest BCUT2D eigenvalue weighted by Gasteiger charge is 2.06. The van der Waals surface area contributed by atoms with Crippen LogP contribution in [0.15, 0.2) is 48.5 Å². The third kappa shape index (κ3) is 4.75. The normalized spacial score (nSPS) is 10.7. The van der Waals surface area contributed by atoms with Crippen molar-refractivity contribution < 1.29 is 9.53 Å². The summed E-state index contributed by atoms with van der Waals surface area (Å²) in [4.78, 5) is 12.1. The van der Waals surface area contributed by atoms with Crippen molar-refractivity contribution in [3.05, 3.63) is 65.2 Å². The lowest BCUT2D eigenvalue weighted by atomic mass is 10.0. The summed E-state index contributed by atoms with van der Waals surface area (Å²) in [7, 11) is 0. The van der Waals surface area contributed by atoms with Crippen LogP contribution in [-0.2, 0) is 6.42 Å². The van der Waals surface area contributed by atoms with Crippen molar-refractivity contribution in [1.82, 2.24) is 0 Å². The van der Waals surface area contributed by atoms with Crippen LogP contribution in [0.4, 0.5) is 0 Å². The summed E-state index contributed by atoms with van der Waals surface area (Å²) in [6.45, 7) is 6.04. The van der Waals surface area contributed by atoms with E-state index in [1.807, 2.05) is 69.3 Å². The molecule has 21 heavy (non-hydrogen) atoms. The van der Waals surface area contributed by atoms with Gasteiger partial charge in [0.2, 0.25) is 0 Å². The highest BCUT2D eigenvalue weighted by molar-refractivity contribution is 5.96. The van der Waals surface area contributed by atoms with E-state index in [9.17, 15) is 4.79 Å². The number of Topliss-reactive ketones (excluding diaryl/α,β-unsaturated/α-hetero) is 1. The summed E-state index contributed by atoms with van der Waals surface area (Å²) >= 11 is 0. The van der Waals surface area contributed by atoms with Gasteiger partial charge in [-0.1, -0.05) is 42.0 Å². The van der Waals surface area contributed by atoms with Gasteiger partial charge >= 0.3 is 0 Å². The van der Waals surface area contributed by atoms with E-state index in [1.54, 1.807) is 0 Å². The fourth-order valence-corrected chi connectivity index (χ4v) is 2.15. The lowest BCUT2D eigenvalue weighted by Gasteiger charge is -2.10. The third-order valence-corrected chi connectivity index (χ3v) is 3.31. The second kappa shape index (κ2) is 7.07. The Bertz CT molecular complexity index is 580. The van der Waals surface area contributed by atoms with Gasteiger partial charge in [0.1, 0.15) is 5.75 Å². The molecule has 0 amide bonds. The fraction of sp³-hybridized carbons (Fsp3) is 0.316. The van der Waals surface area contributed by atoms with Gasteiger partial charge in [0, 0.05) is 12.0 Å². The van der Waals surface area contributed by atoms with Crippen LogP contribution in [0.1, 0.15) is 41.8 Å². The first-order chi connectivity index (χ1) is 10.0. The highest BCUT2D eigenvalue weighted by Crippen LogP contribution is 2.16. The number of carbonyl (C=O) groups excluding carboxylic acids is 1. The Morgan fingerprint density at radius 2 is 1.62 bits per heavy atom. The minimum Gasteiger partial charge on any atom is -0.491 e. The van der Waals surface area contributed by atoms with E-state index < -0.39 is 0 Å². The monoisotopic (exact) mass is 282 g/mol. The zero-order valence-electron chi connectivity index (χ0n) is 12.9. The summed E-state index contributed by atoms with van der Waals surface area (Å²) < 4.78 is 5.61. The van der Waals surface area contributed by atoms with Crippen molar-refractivity contribution in [2.24, 2.45) is 0 Å². The van der Waals surface area contributed by atoms with E-state index in [4.69, 9.17) is 4.74 Å². The molecule has 0 fully saturated rings. The maximum Gasteiger partial charge on any atom is 0.163 e. The number of benzene rings is 2. The van der Waals surface area contributed by atoms with Crippen LogP contribution in [0.3, 0.4) is 0 Å². The largest absolute Gasteiger partial charge is 0.491 e. The van der Waals surface area contributed by atoms with Crippen molar-refractivity contribution in [3.63, 3.8) is 0 Å². The van der Waals surface area contributed by atoms with E-state index in [-0.39, 0.29) is 11.9 Å². The molecule has 2 heteroatoms. The fourth-order valence-electron chi connectivity index (χ4n) is 2.15. The molecule has 0 aromatic heterocycles. The van der Waals surface area contributed by atoms with Gasteiger partial charge in [0.25, 0.3) is 0 Å². The summed E-state index contributed by atoms with van der Waals surface area (Å²) in [5.74, 6) is 1.07. The van der Waals surface area contributed by atoms with Gasteiger partial charge in [0.05, 0.1) is 6.10 Å². The molecule has 2 nitrogen and oxygen atoms in total. The molecule has 2 aromatic carbocycles. The predicted octanol–water partition coefficient (Wildman–Crippen LogP) is 4.60. The molecule has 0 saturated heterocycles. The van der Waals surface area contributed by atoms with Gasteiger partial charge in [-0.2, -0.15) is 0 Å². The SMILES string of the molecule is Cc1ccc(C(=O)CCc2ccc(OC(C)C)cc2)cc1. The number of ether oxygens (including phenoxy) is 1. The van der Waals surface area contributed by atoms with Gasteiger partial charge in [0.15, 0.2) is 5.78 Å². The number of ketones is 1. The Hall–Kier alpha value is -2.09. The lowest BCUT2D eigenvalue weighted by Crippen LogP contribution is -2.05. The van der Waals surface area contributed by atoms with E-state index in [0.717, 1.165) is 23.3 Å². The van der Waals surface area contributed by atoms with Gasteiger partial charge in [-0.25, -0.2) is 0 Å². The number of aryl methyl sites for hydroxylation is 2. The second-order valence-electron chi connectivity index (χ2n) is 5.60. The Labute approximate surface area is 126 Å². The molecule has 2 rings (SSSR count). The van der Waals surface area contributed by atoms with Crippen LogP contribution < -0.4 is 4.74 Å². The quantitative estimate of drug-likeness (QED) is 0.724. The lowest BCUT2D eigenvalue weighted by molar-refractivity contribution is 0.0983. The zero-order valence-corrected chi connectivity index (χ0v) is 12.9. The summed E-state index contributed by atoms with van der Waals surface area (Å²) in [6, 6.07) is 15.7. The van der Waals surface area contributed by atoms with Crippen LogP contribution >= 0.6 is 0 Å². The Balaban J connectivity index is 1.90. The first-order valence-electron chi connectivity index (χ1n) is 7.40. The molecule has 0 spiro atoms. The number of rotatable bonds is 6. The number of carbonyl (C=O) groups is 1. The van der Waals surface area contributed by atoms with E-state index in [2.05, 4.69) is 0 Å². The second-order valence-corrected chi connectivity index (χ2v) is 5.60. The molecule has 2 aromatic rings. The van der Waals surface area contributed by atoms with E-state index >= 15 is 0 Å². The molecular formula is C19H22O2. The van der Waals surface area contributed by atoms with Crippen molar-refractivity contribution in [3.8, 4) is 5.75 Å². The van der Waals surface area contributed by atoms with Gasteiger partial charge < -0.3 is 4.74 Å². The minimum atomic E-state index is 0.180. The van der Waals surface area contributed by atoms with E-state index in [0.29, 0.717) is 6.42 Å². The van der Waals surface area contributed by atoms with Crippen LogP contribution in [0.25, 0.3) is 0 Å². The minimum absolute atomic E-state index is 0.180. The predicted molar refractivity (Wildman–Crippen MR) is 86.0 cm³/mol. The maximum atomic E-state index is 12.1. The van der Waals surface area contributed by atoms with Crippen LogP contribution in [0, 0.1) is 6.92 Å². The molecule has 0 saturated carbocycles. The van der Waals surface area contributed by atoms with E-state index in [1.165, 1.54) is 5.56 Å². The summed E-state index contributed by atoms with van der Waals surface area (Å²) in [6.07, 6.45) is 1.47. The molecule has 0 radical (unpaired) electrons. The Morgan fingerprint density at radius 3 is 2.19 bits per heavy atom. The molecule has 0 N–H and O–H groups in total. The molecule has 0 aliphatic carbocycles. The molecule has 0 aliphatic rings. The molecular weight excluding hydrogens is 260 g/mol. The first kappa shape index (κ1) is 15.3.